The molecule has 256 valence electrons. The molecule has 8 nitrogen and oxygen atoms in total. The Bertz CT molecular complexity index is 1220. The molecule has 45 heavy (non-hydrogen) atoms. The van der Waals surface area contributed by atoms with E-state index in [0.29, 0.717) is 11.8 Å². The van der Waals surface area contributed by atoms with Crippen LogP contribution in [0.2, 0.25) is 0 Å². The predicted molar refractivity (Wildman–Crippen MR) is 175 cm³/mol. The van der Waals surface area contributed by atoms with Crippen LogP contribution in [-0.4, -0.2) is 81.5 Å². The fraction of sp³-hybridized carbons (Fsp3) is 0.919. The number of ether oxygens (including phenoxy) is 1. The average Bonchev–Trinajstić information content (AvgIpc) is 2.97. The molecule has 0 bridgehead atoms. The van der Waals surface area contributed by atoms with E-state index in [4.69, 9.17) is 9.84 Å². The number of hydrogen-bond donors (Lipinski definition) is 6. The molecule has 1 aliphatic heterocycles. The van der Waals surface area contributed by atoms with Crippen LogP contribution in [0.4, 0.5) is 0 Å². The van der Waals surface area contributed by atoms with Crippen molar-refractivity contribution in [3.63, 3.8) is 0 Å². The van der Waals surface area contributed by atoms with Gasteiger partial charge in [0.1, 0.15) is 30.5 Å². The molecule has 13 atom stereocenters. The lowest BCUT2D eigenvalue weighted by atomic mass is 9.33. The number of hydrogen-bond acceptors (Lipinski definition) is 8. The third-order valence-electron chi connectivity index (χ3n) is 15.6. The second-order valence-corrected chi connectivity index (χ2v) is 18.2. The molecule has 0 aromatic carbocycles. The van der Waals surface area contributed by atoms with Crippen molar-refractivity contribution < 1.29 is 30.3 Å². The highest BCUT2D eigenvalue weighted by molar-refractivity contribution is 5.90. The largest absolute Gasteiger partial charge is 0.394 e. The quantitative estimate of drug-likeness (QED) is 0.198. The van der Waals surface area contributed by atoms with Gasteiger partial charge >= 0.3 is 0 Å². The zero-order valence-electron chi connectivity index (χ0n) is 29.1. The molecule has 8 heteroatoms. The zero-order valence-corrected chi connectivity index (χ0v) is 29.1. The van der Waals surface area contributed by atoms with Crippen molar-refractivity contribution in [2.45, 2.75) is 149 Å². The number of aliphatic hydroxyl groups is 5. The molecular formula is C37H62N2O6. The number of allylic oxidation sites excluding steroid dienone is 2. The van der Waals surface area contributed by atoms with Crippen LogP contribution in [0.25, 0.3) is 0 Å². The van der Waals surface area contributed by atoms with Gasteiger partial charge in [0.15, 0.2) is 0 Å². The average molecular weight is 631 g/mol. The summed E-state index contributed by atoms with van der Waals surface area (Å²) >= 11 is 0. The van der Waals surface area contributed by atoms with Crippen LogP contribution in [0.3, 0.4) is 0 Å². The van der Waals surface area contributed by atoms with Gasteiger partial charge < -0.3 is 35.7 Å². The summed E-state index contributed by atoms with van der Waals surface area (Å²) in [6.07, 6.45) is 5.27. The summed E-state index contributed by atoms with van der Waals surface area (Å²) in [4.78, 5) is 0. The second kappa shape index (κ2) is 11.0. The number of nitrogens with one attached hydrogen (secondary N) is 1. The van der Waals surface area contributed by atoms with Crippen LogP contribution in [0.1, 0.15) is 113 Å². The van der Waals surface area contributed by atoms with Crippen molar-refractivity contribution in [1.29, 1.82) is 0 Å². The number of nitrogens with zero attached hydrogens (tertiary/aromatic N) is 1. The highest BCUT2D eigenvalue weighted by Crippen LogP contribution is 2.76. The molecular weight excluding hydrogens is 568 g/mol. The van der Waals surface area contributed by atoms with Crippen molar-refractivity contribution in [1.82, 2.24) is 5.43 Å². The lowest BCUT2D eigenvalue weighted by Crippen LogP contribution is -2.68. The van der Waals surface area contributed by atoms with Crippen molar-refractivity contribution in [2.24, 2.45) is 55.3 Å². The van der Waals surface area contributed by atoms with E-state index >= 15 is 0 Å². The lowest BCUT2D eigenvalue weighted by Gasteiger charge is -2.71. The lowest BCUT2D eigenvalue weighted by molar-refractivity contribution is -0.272. The number of aliphatic hydroxyl groups excluding tert-OH is 5. The molecule has 0 radical (unpaired) electrons. The second-order valence-electron chi connectivity index (χ2n) is 18.2. The Hall–Kier alpha value is -1.03. The Kier molecular flexibility index (Phi) is 8.27. The minimum absolute atomic E-state index is 0.00985. The molecule has 1 saturated heterocycles. The van der Waals surface area contributed by atoms with Crippen LogP contribution in [-0.2, 0) is 4.74 Å². The van der Waals surface area contributed by atoms with Gasteiger partial charge in [-0.2, -0.15) is 5.10 Å². The monoisotopic (exact) mass is 630 g/mol. The van der Waals surface area contributed by atoms with Crippen LogP contribution < -0.4 is 5.43 Å². The Labute approximate surface area is 271 Å². The summed E-state index contributed by atoms with van der Waals surface area (Å²) in [5, 5.41) is 59.3. The topological polar surface area (TPSA) is 135 Å². The summed E-state index contributed by atoms with van der Waals surface area (Å²) in [7, 11) is 1.91. The molecule has 4 saturated carbocycles. The van der Waals surface area contributed by atoms with Gasteiger partial charge in [-0.1, -0.05) is 60.1 Å². The van der Waals surface area contributed by atoms with E-state index in [1.807, 2.05) is 7.05 Å². The number of hydrazone groups is 1. The third-order valence-corrected chi connectivity index (χ3v) is 15.6. The van der Waals surface area contributed by atoms with Crippen molar-refractivity contribution >= 4 is 5.71 Å². The Morgan fingerprint density at radius 1 is 0.911 bits per heavy atom. The van der Waals surface area contributed by atoms with Gasteiger partial charge in [0.05, 0.1) is 12.7 Å². The van der Waals surface area contributed by atoms with Gasteiger partial charge in [-0.3, -0.25) is 0 Å². The molecule has 0 aromatic rings. The summed E-state index contributed by atoms with van der Waals surface area (Å²) < 4.78 is 6.03. The van der Waals surface area contributed by atoms with Crippen LogP contribution >= 0.6 is 0 Å². The van der Waals surface area contributed by atoms with Gasteiger partial charge in [0.2, 0.25) is 0 Å². The predicted octanol–water partition coefficient (Wildman–Crippen LogP) is 4.57. The number of fused-ring (bicyclic) bond motifs is 7. The Morgan fingerprint density at radius 3 is 2.27 bits per heavy atom. The van der Waals surface area contributed by atoms with E-state index in [-0.39, 0.29) is 33.0 Å². The van der Waals surface area contributed by atoms with E-state index < -0.39 is 48.6 Å². The molecule has 6 N–H and O–H groups in total. The molecule has 5 fully saturated rings. The van der Waals surface area contributed by atoms with E-state index in [0.717, 1.165) is 51.4 Å². The first kappa shape index (κ1) is 33.9. The molecule has 6 rings (SSSR count). The van der Waals surface area contributed by atoms with Crippen molar-refractivity contribution in [3.8, 4) is 0 Å². The van der Waals surface area contributed by atoms with Gasteiger partial charge in [-0.15, -0.1) is 0 Å². The SMILES string of the molecule is CN/N=C1\CC[C@@]2(C)C(CC[C@]3(C)C2CC=C2C4CC(C)(C)CC[C@]4([C@H](O)[C@H]4OC(CO)[C@H](O)C(O)C4O)CC[C@]23C)C1(C)C. The Morgan fingerprint density at radius 2 is 1.60 bits per heavy atom. The third kappa shape index (κ3) is 4.62. The van der Waals surface area contributed by atoms with Crippen LogP contribution in [0, 0.1) is 50.2 Å². The van der Waals surface area contributed by atoms with E-state index in [1.165, 1.54) is 24.1 Å². The van der Waals surface area contributed by atoms with Gasteiger partial charge in [0, 0.05) is 23.6 Å². The maximum absolute atomic E-state index is 12.3. The maximum atomic E-state index is 12.3. The molecule has 1 heterocycles. The fourth-order valence-corrected chi connectivity index (χ4v) is 12.7. The van der Waals surface area contributed by atoms with Gasteiger partial charge in [0.25, 0.3) is 0 Å². The molecule has 6 aliphatic rings. The molecule has 0 aromatic heterocycles. The van der Waals surface area contributed by atoms with E-state index in [1.54, 1.807) is 0 Å². The minimum atomic E-state index is -1.48. The van der Waals surface area contributed by atoms with Crippen molar-refractivity contribution in [3.05, 3.63) is 11.6 Å². The molecule has 6 unspecified atom stereocenters. The summed E-state index contributed by atoms with van der Waals surface area (Å²) in [5.74, 6) is 1.27. The van der Waals surface area contributed by atoms with Crippen LogP contribution in [0.15, 0.2) is 16.8 Å². The van der Waals surface area contributed by atoms with Crippen molar-refractivity contribution in [2.75, 3.05) is 13.7 Å². The fourth-order valence-electron chi connectivity index (χ4n) is 12.7. The minimum Gasteiger partial charge on any atom is -0.394 e. The molecule has 0 spiro atoms. The smallest absolute Gasteiger partial charge is 0.113 e. The molecule has 5 aliphatic carbocycles. The highest BCUT2D eigenvalue weighted by atomic mass is 16.6. The standard InChI is InChI=1S/C37H62N2O6/c1-32(2)15-17-37(31(44)30-29(43)28(42)27(41)23(20-40)45-30)18-16-35(6)21(22(37)19-32)9-10-25-34(5)13-12-26(39-38-8)33(3,4)24(34)11-14-36(25,35)7/h9,22-25,27-31,38,40-44H,10-20H2,1-8H3/b39-26+/t22?,23?,24?,25?,27-,28?,29?,30-,31+,34-,35+,36+,37-/m0/s1. The normalized spacial score (nSPS) is 52.0. The maximum Gasteiger partial charge on any atom is 0.113 e. The highest BCUT2D eigenvalue weighted by Gasteiger charge is 2.69. The summed E-state index contributed by atoms with van der Waals surface area (Å²) in [5.41, 5.74) is 5.87. The van der Waals surface area contributed by atoms with E-state index in [2.05, 4.69) is 60.0 Å². The number of rotatable bonds is 4. The first-order valence-electron chi connectivity index (χ1n) is 17.9. The first-order chi connectivity index (χ1) is 20.9. The summed E-state index contributed by atoms with van der Waals surface area (Å²) in [6.45, 7) is 16.7. The first-order valence-corrected chi connectivity index (χ1v) is 17.9. The van der Waals surface area contributed by atoms with Crippen LogP contribution in [0.5, 0.6) is 0 Å². The molecule has 0 amide bonds. The van der Waals surface area contributed by atoms with E-state index in [9.17, 15) is 25.5 Å². The van der Waals surface area contributed by atoms with Gasteiger partial charge in [-0.05, 0) is 104 Å². The summed E-state index contributed by atoms with van der Waals surface area (Å²) in [6, 6.07) is 0. The Balaban J connectivity index is 1.39. The van der Waals surface area contributed by atoms with Gasteiger partial charge in [-0.25, -0.2) is 0 Å². The zero-order chi connectivity index (χ0) is 33.0.